The van der Waals surface area contributed by atoms with Crippen LogP contribution in [0.15, 0.2) is 0 Å². The Morgan fingerprint density at radius 3 is 2.93 bits per heavy atom. The van der Waals surface area contributed by atoms with Crippen molar-refractivity contribution in [2.45, 2.75) is 12.6 Å². The Hall–Kier alpha value is -1.14. The van der Waals surface area contributed by atoms with E-state index in [2.05, 4.69) is 4.74 Å². The Morgan fingerprint density at radius 1 is 1.79 bits per heavy atom. The molecule has 1 amide bonds. The first-order valence-corrected chi connectivity index (χ1v) is 4.26. The van der Waals surface area contributed by atoms with Gasteiger partial charge >= 0.3 is 5.97 Å². The molecule has 0 spiro atoms. The lowest BCUT2D eigenvalue weighted by atomic mass is 10.1. The topological polar surface area (TPSA) is 87.1 Å². The minimum atomic E-state index is -1.22. The molecule has 2 N–H and O–H groups in total. The van der Waals surface area contributed by atoms with Crippen molar-refractivity contribution in [3.8, 4) is 0 Å². The van der Waals surface area contributed by atoms with Crippen LogP contribution in [0.1, 0.15) is 6.42 Å². The van der Waals surface area contributed by atoms with Crippen LogP contribution < -0.4 is 0 Å². The number of rotatable bonds is 3. The highest BCUT2D eigenvalue weighted by Gasteiger charge is 2.37. The van der Waals surface area contributed by atoms with Gasteiger partial charge in [0, 0.05) is 13.0 Å². The minimum Gasteiger partial charge on any atom is -0.469 e. The number of ether oxygens (including phenoxy) is 1. The summed E-state index contributed by atoms with van der Waals surface area (Å²) >= 11 is 0. The van der Waals surface area contributed by atoms with Gasteiger partial charge in [-0.1, -0.05) is 0 Å². The summed E-state index contributed by atoms with van der Waals surface area (Å²) in [5, 5.41) is 17.8. The summed E-state index contributed by atoms with van der Waals surface area (Å²) in [6, 6.07) is 0. The number of hydrogen-bond donors (Lipinski definition) is 2. The number of carbonyl (C=O) groups is 2. The van der Waals surface area contributed by atoms with E-state index in [9.17, 15) is 14.7 Å². The second-order valence-corrected chi connectivity index (χ2v) is 3.13. The molecule has 0 saturated carbocycles. The Balaban J connectivity index is 2.60. The van der Waals surface area contributed by atoms with E-state index < -0.39 is 24.7 Å². The van der Waals surface area contributed by atoms with Crippen LogP contribution in [-0.2, 0) is 14.3 Å². The summed E-state index contributed by atoms with van der Waals surface area (Å²) in [6.45, 7) is -0.424. The molecule has 0 aromatic carbocycles. The van der Waals surface area contributed by atoms with Gasteiger partial charge in [-0.25, -0.2) is 0 Å². The van der Waals surface area contributed by atoms with E-state index in [1.165, 1.54) is 7.11 Å². The molecule has 1 aliphatic rings. The van der Waals surface area contributed by atoms with Crippen molar-refractivity contribution in [2.75, 3.05) is 20.3 Å². The smallest absolute Gasteiger partial charge is 0.310 e. The summed E-state index contributed by atoms with van der Waals surface area (Å²) in [4.78, 5) is 23.4. The quantitative estimate of drug-likeness (QED) is 0.535. The van der Waals surface area contributed by atoms with Crippen molar-refractivity contribution in [3.63, 3.8) is 0 Å². The highest BCUT2D eigenvalue weighted by molar-refractivity contribution is 5.86. The normalized spacial score (nSPS) is 23.8. The predicted molar refractivity (Wildman–Crippen MR) is 44.9 cm³/mol. The number of aliphatic hydroxyl groups excluding tert-OH is 2. The van der Waals surface area contributed by atoms with Crippen LogP contribution in [0.2, 0.25) is 0 Å². The summed E-state index contributed by atoms with van der Waals surface area (Å²) in [6.07, 6.45) is -1.19. The van der Waals surface area contributed by atoms with E-state index in [-0.39, 0.29) is 18.9 Å². The number of esters is 1. The van der Waals surface area contributed by atoms with Gasteiger partial charge in [0.05, 0.1) is 19.6 Å². The molecule has 0 radical (unpaired) electrons. The van der Waals surface area contributed by atoms with Crippen LogP contribution in [0, 0.1) is 5.92 Å². The Morgan fingerprint density at radius 2 is 2.43 bits per heavy atom. The fourth-order valence-electron chi connectivity index (χ4n) is 1.44. The maximum atomic E-state index is 11.3. The SMILES string of the molecule is COC(=O)C1CC(=O)N(C(O)CO)C1. The number of aliphatic hydroxyl groups is 2. The van der Waals surface area contributed by atoms with Crippen molar-refractivity contribution >= 4 is 11.9 Å². The molecular formula is C8H13NO5. The van der Waals surface area contributed by atoms with Gasteiger partial charge in [0.25, 0.3) is 0 Å². The minimum absolute atomic E-state index is 0.0315. The zero-order chi connectivity index (χ0) is 10.7. The zero-order valence-corrected chi connectivity index (χ0v) is 7.84. The van der Waals surface area contributed by atoms with Gasteiger partial charge in [0.1, 0.15) is 0 Å². The molecule has 1 fully saturated rings. The number of hydrogen-bond acceptors (Lipinski definition) is 5. The molecule has 14 heavy (non-hydrogen) atoms. The molecule has 0 bridgehead atoms. The van der Waals surface area contributed by atoms with Gasteiger partial charge in [0.15, 0.2) is 6.23 Å². The Bertz CT molecular complexity index is 242. The molecule has 0 aliphatic carbocycles. The third kappa shape index (κ3) is 2.02. The number of likely N-dealkylation sites (tertiary alicyclic amines) is 1. The number of amides is 1. The van der Waals surface area contributed by atoms with Crippen molar-refractivity contribution in [2.24, 2.45) is 5.92 Å². The standard InChI is InChI=1S/C8H13NO5/c1-14-8(13)5-2-6(11)9(3-5)7(12)4-10/h5,7,10,12H,2-4H2,1H3. The van der Waals surface area contributed by atoms with Gasteiger partial charge in [-0.15, -0.1) is 0 Å². The molecule has 1 rings (SSSR count). The zero-order valence-electron chi connectivity index (χ0n) is 7.84. The fraction of sp³-hybridized carbons (Fsp3) is 0.750. The second kappa shape index (κ2) is 4.39. The van der Waals surface area contributed by atoms with Crippen molar-refractivity contribution in [1.29, 1.82) is 0 Å². The van der Waals surface area contributed by atoms with Crippen LogP contribution in [0.5, 0.6) is 0 Å². The molecule has 1 saturated heterocycles. The molecule has 1 heterocycles. The van der Waals surface area contributed by atoms with Crippen molar-refractivity contribution in [3.05, 3.63) is 0 Å². The molecule has 2 atom stereocenters. The maximum Gasteiger partial charge on any atom is 0.310 e. The van der Waals surface area contributed by atoms with E-state index in [0.717, 1.165) is 4.90 Å². The highest BCUT2D eigenvalue weighted by Crippen LogP contribution is 2.20. The summed E-state index contributed by atoms with van der Waals surface area (Å²) in [5.41, 5.74) is 0. The van der Waals surface area contributed by atoms with Gasteiger partial charge < -0.3 is 19.8 Å². The molecule has 80 valence electrons. The molecule has 0 aromatic heterocycles. The van der Waals surface area contributed by atoms with E-state index in [1.54, 1.807) is 0 Å². The van der Waals surface area contributed by atoms with E-state index in [1.807, 2.05) is 0 Å². The van der Waals surface area contributed by atoms with Gasteiger partial charge in [-0.2, -0.15) is 0 Å². The molecular weight excluding hydrogens is 190 g/mol. The van der Waals surface area contributed by atoms with E-state index in [0.29, 0.717) is 0 Å². The molecule has 6 nitrogen and oxygen atoms in total. The second-order valence-electron chi connectivity index (χ2n) is 3.13. The third-order valence-corrected chi connectivity index (χ3v) is 2.22. The lowest BCUT2D eigenvalue weighted by Gasteiger charge is -2.20. The molecule has 2 unspecified atom stereocenters. The first kappa shape index (κ1) is 10.9. The summed E-state index contributed by atoms with van der Waals surface area (Å²) in [5.74, 6) is -1.35. The average molecular weight is 203 g/mol. The van der Waals surface area contributed by atoms with Crippen LogP contribution in [0.3, 0.4) is 0 Å². The van der Waals surface area contributed by atoms with Crippen LogP contribution >= 0.6 is 0 Å². The predicted octanol–water partition coefficient (Wildman–Crippen LogP) is -1.68. The van der Waals surface area contributed by atoms with E-state index >= 15 is 0 Å². The lowest BCUT2D eigenvalue weighted by Crippen LogP contribution is -2.39. The Kier molecular flexibility index (Phi) is 3.43. The average Bonchev–Trinajstić information content (AvgIpc) is 2.58. The molecule has 1 aliphatic heterocycles. The van der Waals surface area contributed by atoms with Crippen molar-refractivity contribution < 1.29 is 24.5 Å². The fourth-order valence-corrected chi connectivity index (χ4v) is 1.44. The third-order valence-electron chi connectivity index (χ3n) is 2.22. The number of nitrogens with zero attached hydrogens (tertiary/aromatic N) is 1. The first-order chi connectivity index (χ1) is 6.60. The molecule has 0 aromatic rings. The van der Waals surface area contributed by atoms with Gasteiger partial charge in [0.2, 0.25) is 5.91 Å². The largest absolute Gasteiger partial charge is 0.469 e. The van der Waals surface area contributed by atoms with Crippen molar-refractivity contribution in [1.82, 2.24) is 4.90 Å². The number of carbonyl (C=O) groups excluding carboxylic acids is 2. The van der Waals surface area contributed by atoms with Crippen LogP contribution in [0.25, 0.3) is 0 Å². The summed E-state index contributed by atoms with van der Waals surface area (Å²) in [7, 11) is 1.25. The van der Waals surface area contributed by atoms with Gasteiger partial charge in [-0.3, -0.25) is 9.59 Å². The lowest BCUT2D eigenvalue weighted by molar-refractivity contribution is -0.145. The Labute approximate surface area is 81.1 Å². The highest BCUT2D eigenvalue weighted by atomic mass is 16.5. The maximum absolute atomic E-state index is 11.3. The first-order valence-electron chi connectivity index (χ1n) is 4.26. The van der Waals surface area contributed by atoms with Crippen LogP contribution in [-0.4, -0.2) is 53.5 Å². The van der Waals surface area contributed by atoms with Gasteiger partial charge in [-0.05, 0) is 0 Å². The summed E-state index contributed by atoms with van der Waals surface area (Å²) < 4.78 is 4.48. The molecule has 6 heteroatoms. The van der Waals surface area contributed by atoms with E-state index in [4.69, 9.17) is 5.11 Å². The van der Waals surface area contributed by atoms with Crippen LogP contribution in [0.4, 0.5) is 0 Å². The number of methoxy groups -OCH3 is 1. The monoisotopic (exact) mass is 203 g/mol.